The molecule has 0 spiro atoms. The molecule has 1 N–H and O–H groups in total. The van der Waals surface area contributed by atoms with Gasteiger partial charge in [0.25, 0.3) is 0 Å². The third-order valence-electron chi connectivity index (χ3n) is 4.53. The van der Waals surface area contributed by atoms with Crippen LogP contribution >= 0.6 is 34.7 Å². The fraction of sp³-hybridized carbons (Fsp3) is 0.353. The van der Waals surface area contributed by atoms with Gasteiger partial charge in [-0.05, 0) is 42.4 Å². The fourth-order valence-corrected chi connectivity index (χ4v) is 5.16. The Labute approximate surface area is 153 Å². The Morgan fingerprint density at radius 1 is 1.25 bits per heavy atom. The van der Waals surface area contributed by atoms with Gasteiger partial charge in [-0.25, -0.2) is 0 Å². The second-order valence-electron chi connectivity index (χ2n) is 6.16. The number of nitrogens with zero attached hydrogens (tertiary/aromatic N) is 2. The number of aromatic nitrogens is 2. The lowest BCUT2D eigenvalue weighted by Crippen LogP contribution is -2.25. The van der Waals surface area contributed by atoms with Gasteiger partial charge in [-0.15, -0.1) is 10.2 Å². The zero-order chi connectivity index (χ0) is 16.5. The molecule has 1 aromatic heterocycles. The molecule has 1 fully saturated rings. The third kappa shape index (κ3) is 3.50. The first-order valence-corrected chi connectivity index (χ1v) is 10.1. The predicted molar refractivity (Wildman–Crippen MR) is 98.4 cm³/mol. The Hall–Kier alpha value is -1.37. The molecule has 0 unspecified atom stereocenters. The number of fused-ring (bicyclic) bond motifs is 2. The topological polar surface area (TPSA) is 54.9 Å². The summed E-state index contributed by atoms with van der Waals surface area (Å²) in [6.07, 6.45) is 6.51. The number of carbonyl (C=O) groups is 1. The SMILES string of the molecule is O=C(Nc1nnc(SCc2ccc(Cl)cc2)s1)[C@@H]1C[C@H]2C=C[C@@H]1C2. The number of carbonyl (C=O) groups excluding carboxylic acids is 1. The summed E-state index contributed by atoms with van der Waals surface area (Å²) in [5, 5.41) is 12.5. The monoisotopic (exact) mass is 377 g/mol. The van der Waals surface area contributed by atoms with Crippen LogP contribution in [0.25, 0.3) is 0 Å². The van der Waals surface area contributed by atoms with Crippen molar-refractivity contribution in [3.05, 3.63) is 47.0 Å². The van der Waals surface area contributed by atoms with E-state index in [-0.39, 0.29) is 11.8 Å². The first-order chi connectivity index (χ1) is 11.7. The van der Waals surface area contributed by atoms with Gasteiger partial charge in [-0.2, -0.15) is 0 Å². The van der Waals surface area contributed by atoms with Crippen LogP contribution in [0.15, 0.2) is 40.8 Å². The van der Waals surface area contributed by atoms with Crippen molar-refractivity contribution in [1.82, 2.24) is 10.2 Å². The number of amides is 1. The van der Waals surface area contributed by atoms with E-state index in [9.17, 15) is 4.79 Å². The number of thioether (sulfide) groups is 1. The van der Waals surface area contributed by atoms with Crippen LogP contribution in [0.4, 0.5) is 5.13 Å². The average Bonchev–Trinajstić information content (AvgIpc) is 3.31. The lowest BCUT2D eigenvalue weighted by atomic mass is 9.93. The number of nitrogens with one attached hydrogen (secondary N) is 1. The molecule has 124 valence electrons. The van der Waals surface area contributed by atoms with Crippen molar-refractivity contribution in [1.29, 1.82) is 0 Å². The lowest BCUT2D eigenvalue weighted by molar-refractivity contribution is -0.120. The zero-order valence-electron chi connectivity index (χ0n) is 12.8. The van der Waals surface area contributed by atoms with E-state index in [1.54, 1.807) is 11.8 Å². The highest BCUT2D eigenvalue weighted by molar-refractivity contribution is 8.00. The first kappa shape index (κ1) is 16.1. The van der Waals surface area contributed by atoms with Crippen molar-refractivity contribution in [2.24, 2.45) is 17.8 Å². The van der Waals surface area contributed by atoms with E-state index < -0.39 is 0 Å². The van der Waals surface area contributed by atoms with Gasteiger partial charge >= 0.3 is 0 Å². The number of hydrogen-bond donors (Lipinski definition) is 1. The van der Waals surface area contributed by atoms with E-state index in [1.807, 2.05) is 24.3 Å². The summed E-state index contributed by atoms with van der Waals surface area (Å²) in [5.41, 5.74) is 1.18. The molecule has 2 bridgehead atoms. The minimum absolute atomic E-state index is 0.0808. The molecule has 1 heterocycles. The molecule has 0 radical (unpaired) electrons. The van der Waals surface area contributed by atoms with Crippen LogP contribution in [0.1, 0.15) is 18.4 Å². The second kappa shape index (κ2) is 6.86. The van der Waals surface area contributed by atoms with Gasteiger partial charge in [0.2, 0.25) is 11.0 Å². The molecule has 24 heavy (non-hydrogen) atoms. The molecular formula is C17H16ClN3OS2. The Morgan fingerprint density at radius 3 is 2.79 bits per heavy atom. The van der Waals surface area contributed by atoms with Crippen molar-refractivity contribution in [3.63, 3.8) is 0 Å². The Kier molecular flexibility index (Phi) is 4.61. The summed E-state index contributed by atoms with van der Waals surface area (Å²) >= 11 is 8.92. The van der Waals surface area contributed by atoms with Crippen LogP contribution in [0, 0.1) is 17.8 Å². The van der Waals surface area contributed by atoms with Gasteiger partial charge in [-0.3, -0.25) is 4.79 Å². The number of benzene rings is 1. The molecule has 0 aliphatic heterocycles. The molecule has 2 aromatic rings. The van der Waals surface area contributed by atoms with Crippen molar-refractivity contribution in [3.8, 4) is 0 Å². The number of rotatable bonds is 5. The van der Waals surface area contributed by atoms with Gasteiger partial charge in [-0.1, -0.05) is 59.0 Å². The van der Waals surface area contributed by atoms with E-state index in [1.165, 1.54) is 16.9 Å². The van der Waals surface area contributed by atoms with Crippen LogP contribution in [-0.4, -0.2) is 16.1 Å². The molecule has 4 rings (SSSR count). The Bertz CT molecular complexity index is 774. The summed E-state index contributed by atoms with van der Waals surface area (Å²) in [6.45, 7) is 0. The highest BCUT2D eigenvalue weighted by Gasteiger charge is 2.39. The van der Waals surface area contributed by atoms with E-state index >= 15 is 0 Å². The molecule has 1 amide bonds. The molecule has 2 aliphatic rings. The quantitative estimate of drug-likeness (QED) is 0.468. The molecule has 3 atom stereocenters. The summed E-state index contributed by atoms with van der Waals surface area (Å²) in [5.74, 6) is 1.97. The average molecular weight is 378 g/mol. The number of halogens is 1. The molecule has 7 heteroatoms. The van der Waals surface area contributed by atoms with E-state index in [0.717, 1.165) is 28.0 Å². The van der Waals surface area contributed by atoms with Crippen molar-refractivity contribution in [2.75, 3.05) is 5.32 Å². The maximum atomic E-state index is 12.4. The van der Waals surface area contributed by atoms with E-state index in [2.05, 4.69) is 27.7 Å². The summed E-state index contributed by atoms with van der Waals surface area (Å²) in [6, 6.07) is 7.77. The largest absolute Gasteiger partial charge is 0.300 e. The second-order valence-corrected chi connectivity index (χ2v) is 8.80. The van der Waals surface area contributed by atoms with E-state index in [0.29, 0.717) is 17.0 Å². The molecule has 4 nitrogen and oxygen atoms in total. The molecule has 0 saturated heterocycles. The van der Waals surface area contributed by atoms with Crippen molar-refractivity contribution < 1.29 is 4.79 Å². The number of anilines is 1. The van der Waals surface area contributed by atoms with Crippen LogP contribution < -0.4 is 5.32 Å². The van der Waals surface area contributed by atoms with E-state index in [4.69, 9.17) is 11.6 Å². The highest BCUT2D eigenvalue weighted by Crippen LogP contribution is 2.44. The first-order valence-electron chi connectivity index (χ1n) is 7.87. The maximum absolute atomic E-state index is 12.4. The lowest BCUT2D eigenvalue weighted by Gasteiger charge is -2.16. The zero-order valence-corrected chi connectivity index (χ0v) is 15.2. The van der Waals surface area contributed by atoms with Crippen molar-refractivity contribution in [2.45, 2.75) is 22.9 Å². The number of allylic oxidation sites excluding steroid dienone is 2. The van der Waals surface area contributed by atoms with Gasteiger partial charge in [0, 0.05) is 16.7 Å². The number of hydrogen-bond acceptors (Lipinski definition) is 5. The third-order valence-corrected chi connectivity index (χ3v) is 6.82. The van der Waals surface area contributed by atoms with Crippen molar-refractivity contribution >= 4 is 45.7 Å². The Morgan fingerprint density at radius 2 is 2.08 bits per heavy atom. The van der Waals surface area contributed by atoms with Gasteiger partial charge < -0.3 is 5.32 Å². The summed E-state index contributed by atoms with van der Waals surface area (Å²) in [7, 11) is 0. The van der Waals surface area contributed by atoms with Crippen LogP contribution in [0.5, 0.6) is 0 Å². The minimum Gasteiger partial charge on any atom is -0.300 e. The summed E-state index contributed by atoms with van der Waals surface area (Å²) in [4.78, 5) is 12.4. The summed E-state index contributed by atoms with van der Waals surface area (Å²) < 4.78 is 0.855. The van der Waals surface area contributed by atoms with Gasteiger partial charge in [0.1, 0.15) is 0 Å². The molecular weight excluding hydrogens is 362 g/mol. The van der Waals surface area contributed by atoms with Crippen LogP contribution in [0.2, 0.25) is 5.02 Å². The smallest absolute Gasteiger partial charge is 0.229 e. The van der Waals surface area contributed by atoms with Crippen LogP contribution in [0.3, 0.4) is 0 Å². The maximum Gasteiger partial charge on any atom is 0.229 e. The standard InChI is InChI=1S/C17H16ClN3OS2/c18-13-5-2-10(3-6-13)9-23-17-21-20-16(24-17)19-15(22)14-8-11-1-4-12(14)7-11/h1-6,11-12,14H,7-9H2,(H,19,20,22)/t11-,12+,14+/m0/s1. The normalized spacial score (nSPS) is 24.5. The molecule has 2 aliphatic carbocycles. The fourth-order valence-electron chi connectivity index (χ4n) is 3.32. The highest BCUT2D eigenvalue weighted by atomic mass is 35.5. The molecule has 1 aromatic carbocycles. The van der Waals surface area contributed by atoms with Gasteiger partial charge in [0.15, 0.2) is 4.34 Å². The Balaban J connectivity index is 1.32. The predicted octanol–water partition coefficient (Wildman–Crippen LogP) is 4.63. The van der Waals surface area contributed by atoms with Gasteiger partial charge in [0.05, 0.1) is 0 Å². The minimum atomic E-state index is 0.0808. The van der Waals surface area contributed by atoms with Crippen LogP contribution in [-0.2, 0) is 10.5 Å². The molecule has 1 saturated carbocycles.